The van der Waals surface area contributed by atoms with Crippen molar-refractivity contribution in [1.29, 1.82) is 0 Å². The van der Waals surface area contributed by atoms with Crippen LogP contribution in [0.2, 0.25) is 0 Å². The number of aromatic nitrogens is 3. The number of piperidine rings is 1. The van der Waals surface area contributed by atoms with Crippen LogP contribution in [-0.2, 0) is 0 Å². The molecule has 0 amide bonds. The van der Waals surface area contributed by atoms with Crippen LogP contribution in [0.1, 0.15) is 31.4 Å². The Morgan fingerprint density at radius 3 is 2.93 bits per heavy atom. The Balaban J connectivity index is 1.75. The number of nitrogens with zero attached hydrogens (tertiary/aromatic N) is 3. The minimum Gasteiger partial charge on any atom is -0.389 e. The lowest BCUT2D eigenvalue weighted by molar-refractivity contribution is 0.199. The van der Waals surface area contributed by atoms with E-state index in [9.17, 15) is 13.9 Å². The number of imidazole rings is 1. The molecule has 0 aromatic carbocycles. The van der Waals surface area contributed by atoms with Crippen LogP contribution in [0, 0.1) is 11.6 Å². The van der Waals surface area contributed by atoms with Gasteiger partial charge in [0.2, 0.25) is 0 Å². The van der Waals surface area contributed by atoms with Gasteiger partial charge in [-0.25, -0.2) is 18.7 Å². The largest absolute Gasteiger partial charge is 0.389 e. The summed E-state index contributed by atoms with van der Waals surface area (Å²) in [6, 6.07) is 4.38. The molecule has 3 aromatic rings. The molecule has 0 spiro atoms. The van der Waals surface area contributed by atoms with Crippen LogP contribution < -0.4 is 10.6 Å². The predicted octanol–water partition coefficient (Wildman–Crippen LogP) is 2.89. The first-order valence-electron chi connectivity index (χ1n) is 9.01. The third kappa shape index (κ3) is 3.50. The predicted molar refractivity (Wildman–Crippen MR) is 98.5 cm³/mol. The molecular weight excluding hydrogens is 352 g/mol. The lowest BCUT2D eigenvalue weighted by atomic mass is 10.1. The van der Waals surface area contributed by atoms with Crippen LogP contribution in [0.3, 0.4) is 0 Å². The number of halogens is 2. The summed E-state index contributed by atoms with van der Waals surface area (Å²) in [5.41, 5.74) is 1.66. The molecule has 6 nitrogen and oxygen atoms in total. The van der Waals surface area contributed by atoms with E-state index in [1.165, 1.54) is 6.20 Å². The highest BCUT2D eigenvalue weighted by molar-refractivity contribution is 5.63. The molecule has 0 saturated carbocycles. The van der Waals surface area contributed by atoms with Crippen molar-refractivity contribution >= 4 is 11.5 Å². The van der Waals surface area contributed by atoms with Crippen molar-refractivity contribution in [3.05, 3.63) is 47.8 Å². The lowest BCUT2D eigenvalue weighted by Gasteiger charge is -2.24. The fourth-order valence-corrected chi connectivity index (χ4v) is 3.34. The Bertz CT molecular complexity index is 966. The first-order valence-corrected chi connectivity index (χ1v) is 9.01. The molecule has 3 aromatic heterocycles. The summed E-state index contributed by atoms with van der Waals surface area (Å²) in [4.78, 5) is 8.48. The molecule has 4 rings (SSSR count). The zero-order chi connectivity index (χ0) is 19.0. The summed E-state index contributed by atoms with van der Waals surface area (Å²) < 4.78 is 30.4. The Kier molecular flexibility index (Phi) is 4.75. The molecule has 1 aliphatic rings. The van der Waals surface area contributed by atoms with Crippen LogP contribution in [0.5, 0.6) is 0 Å². The Hall–Kier alpha value is -2.58. The van der Waals surface area contributed by atoms with Crippen molar-refractivity contribution in [3.8, 4) is 11.4 Å². The SMILES string of the molecule is CC(O)c1ccc2ncc(-c3nc(NC4CCCNC4)c(F)cc3F)n2c1. The van der Waals surface area contributed by atoms with Gasteiger partial charge in [0.15, 0.2) is 17.5 Å². The molecule has 3 N–H and O–H groups in total. The molecule has 142 valence electrons. The molecule has 0 aliphatic carbocycles. The van der Waals surface area contributed by atoms with Gasteiger partial charge < -0.3 is 15.7 Å². The summed E-state index contributed by atoms with van der Waals surface area (Å²) in [7, 11) is 0. The fraction of sp³-hybridized carbons (Fsp3) is 0.368. The van der Waals surface area contributed by atoms with Gasteiger partial charge in [0.25, 0.3) is 0 Å². The summed E-state index contributed by atoms with van der Waals surface area (Å²) in [6.07, 6.45) is 4.39. The van der Waals surface area contributed by atoms with Gasteiger partial charge in [-0.1, -0.05) is 6.07 Å². The maximum Gasteiger partial charge on any atom is 0.168 e. The summed E-state index contributed by atoms with van der Waals surface area (Å²) in [5.74, 6) is -1.45. The molecule has 0 radical (unpaired) electrons. The van der Waals surface area contributed by atoms with Gasteiger partial charge in [-0.05, 0) is 37.9 Å². The van der Waals surface area contributed by atoms with Crippen molar-refractivity contribution in [2.75, 3.05) is 18.4 Å². The quantitative estimate of drug-likeness (QED) is 0.656. The van der Waals surface area contributed by atoms with E-state index in [-0.39, 0.29) is 17.6 Å². The smallest absolute Gasteiger partial charge is 0.168 e. The number of nitrogens with one attached hydrogen (secondary N) is 2. The Labute approximate surface area is 155 Å². The van der Waals surface area contributed by atoms with Gasteiger partial charge in [-0.3, -0.25) is 4.40 Å². The van der Waals surface area contributed by atoms with Crippen molar-refractivity contribution in [2.45, 2.75) is 31.9 Å². The third-order valence-corrected chi connectivity index (χ3v) is 4.82. The van der Waals surface area contributed by atoms with Crippen molar-refractivity contribution in [2.24, 2.45) is 0 Å². The van der Waals surface area contributed by atoms with E-state index in [2.05, 4.69) is 20.6 Å². The highest BCUT2D eigenvalue weighted by Gasteiger charge is 2.20. The highest BCUT2D eigenvalue weighted by Crippen LogP contribution is 2.27. The minimum absolute atomic E-state index is 0.0120. The first-order chi connectivity index (χ1) is 13.0. The van der Waals surface area contributed by atoms with E-state index in [1.54, 1.807) is 29.7 Å². The molecule has 4 heterocycles. The average molecular weight is 373 g/mol. The van der Waals surface area contributed by atoms with E-state index in [1.807, 2.05) is 0 Å². The lowest BCUT2D eigenvalue weighted by Crippen LogP contribution is -2.38. The number of pyridine rings is 2. The second kappa shape index (κ2) is 7.21. The second-order valence-corrected chi connectivity index (χ2v) is 6.85. The summed E-state index contributed by atoms with van der Waals surface area (Å²) in [5, 5.41) is 16.1. The molecule has 1 saturated heterocycles. The van der Waals surface area contributed by atoms with Crippen molar-refractivity contribution < 1.29 is 13.9 Å². The zero-order valence-electron chi connectivity index (χ0n) is 14.9. The van der Waals surface area contributed by atoms with Gasteiger partial charge in [-0.2, -0.15) is 0 Å². The van der Waals surface area contributed by atoms with Gasteiger partial charge in [0.1, 0.15) is 11.3 Å². The zero-order valence-corrected chi connectivity index (χ0v) is 14.9. The molecule has 1 fully saturated rings. The maximum atomic E-state index is 14.5. The van der Waals surface area contributed by atoms with Crippen LogP contribution >= 0.6 is 0 Å². The monoisotopic (exact) mass is 373 g/mol. The van der Waals surface area contributed by atoms with Crippen LogP contribution in [-0.4, -0.2) is 38.6 Å². The van der Waals surface area contributed by atoms with Gasteiger partial charge >= 0.3 is 0 Å². The van der Waals surface area contributed by atoms with E-state index < -0.39 is 17.7 Å². The van der Waals surface area contributed by atoms with Crippen molar-refractivity contribution in [1.82, 2.24) is 19.7 Å². The molecule has 8 heteroatoms. The third-order valence-electron chi connectivity index (χ3n) is 4.82. The molecule has 27 heavy (non-hydrogen) atoms. The number of hydrogen-bond acceptors (Lipinski definition) is 5. The van der Waals surface area contributed by atoms with E-state index in [0.29, 0.717) is 23.4 Å². The summed E-state index contributed by atoms with van der Waals surface area (Å²) in [6.45, 7) is 3.30. The second-order valence-electron chi connectivity index (χ2n) is 6.85. The number of rotatable bonds is 4. The van der Waals surface area contributed by atoms with Gasteiger partial charge in [-0.15, -0.1) is 0 Å². The fourth-order valence-electron chi connectivity index (χ4n) is 3.34. The van der Waals surface area contributed by atoms with Crippen LogP contribution in [0.15, 0.2) is 30.6 Å². The topological polar surface area (TPSA) is 74.5 Å². The molecule has 2 atom stereocenters. The van der Waals surface area contributed by atoms with E-state index in [4.69, 9.17) is 0 Å². The maximum absolute atomic E-state index is 14.5. The standard InChI is InChI=1S/C19H21F2N5O/c1-11(27)12-4-5-17-23-9-16(26(17)10-12)18-14(20)7-15(21)19(25-18)24-13-3-2-6-22-8-13/h4-5,7,9-11,13,22,27H,2-3,6,8H2,1H3,(H,24,25). The van der Waals surface area contributed by atoms with E-state index in [0.717, 1.165) is 25.5 Å². The Morgan fingerprint density at radius 2 is 2.19 bits per heavy atom. The average Bonchev–Trinajstić information content (AvgIpc) is 3.08. The summed E-state index contributed by atoms with van der Waals surface area (Å²) >= 11 is 0. The van der Waals surface area contributed by atoms with Crippen LogP contribution in [0.25, 0.3) is 17.0 Å². The normalized spacial score (nSPS) is 18.6. The number of anilines is 1. The van der Waals surface area contributed by atoms with Gasteiger partial charge in [0.05, 0.1) is 18.0 Å². The first kappa shape index (κ1) is 17.8. The number of aliphatic hydroxyl groups is 1. The number of hydrogen-bond donors (Lipinski definition) is 3. The Morgan fingerprint density at radius 1 is 1.33 bits per heavy atom. The van der Waals surface area contributed by atoms with Crippen molar-refractivity contribution in [3.63, 3.8) is 0 Å². The van der Waals surface area contributed by atoms with Crippen LogP contribution in [0.4, 0.5) is 14.6 Å². The molecule has 1 aliphatic heterocycles. The highest BCUT2D eigenvalue weighted by atomic mass is 19.1. The molecular formula is C19H21F2N5O. The number of fused-ring (bicyclic) bond motifs is 1. The molecule has 0 bridgehead atoms. The number of aliphatic hydroxyl groups excluding tert-OH is 1. The van der Waals surface area contributed by atoms with E-state index >= 15 is 0 Å². The van der Waals surface area contributed by atoms with Gasteiger partial charge in [0, 0.05) is 24.8 Å². The molecule has 2 unspecified atom stereocenters. The minimum atomic E-state index is -0.760.